The van der Waals surface area contributed by atoms with Gasteiger partial charge in [-0.15, -0.1) is 0 Å². The lowest BCUT2D eigenvalue weighted by molar-refractivity contribution is -0.892. The lowest BCUT2D eigenvalue weighted by atomic mass is 10.1. The molecule has 0 unspecified atom stereocenters. The molecule has 2 aliphatic rings. The highest BCUT2D eigenvalue weighted by molar-refractivity contribution is 5.96. The van der Waals surface area contributed by atoms with Crippen LogP contribution in [0.4, 0.5) is 11.4 Å². The summed E-state index contributed by atoms with van der Waals surface area (Å²) < 4.78 is 0. The maximum atomic E-state index is 12.3. The average molecular weight is 330 g/mol. The minimum Gasteiger partial charge on any atom is -0.327 e. The Labute approximate surface area is 144 Å². The first-order valence-corrected chi connectivity index (χ1v) is 9.26. The average Bonchev–Trinajstić information content (AvgIpc) is 2.97. The number of likely N-dealkylation sites (tertiary alicyclic amines) is 1. The van der Waals surface area contributed by atoms with Crippen molar-refractivity contribution >= 4 is 23.2 Å². The smallest absolute Gasteiger partial charge is 0.279 e. The quantitative estimate of drug-likeness (QED) is 0.881. The first kappa shape index (κ1) is 17.0. The number of nitrogens with zero attached hydrogens (tertiary/aromatic N) is 1. The topological polar surface area (TPSA) is 53.9 Å². The van der Waals surface area contributed by atoms with Crippen LogP contribution < -0.4 is 15.1 Å². The predicted molar refractivity (Wildman–Crippen MR) is 95.3 cm³/mol. The summed E-state index contributed by atoms with van der Waals surface area (Å²) in [5.41, 5.74) is 1.73. The number of rotatable bonds is 4. The molecule has 2 amide bonds. The fraction of sp³-hybridized carbons (Fsp3) is 0.579. The normalized spacial score (nSPS) is 19.8. The van der Waals surface area contributed by atoms with Gasteiger partial charge in [0.2, 0.25) is 5.91 Å². The molecule has 5 nitrogen and oxygen atoms in total. The maximum absolute atomic E-state index is 12.3. The van der Waals surface area contributed by atoms with E-state index in [0.717, 1.165) is 37.4 Å². The highest BCUT2D eigenvalue weighted by Gasteiger charge is 2.21. The van der Waals surface area contributed by atoms with E-state index in [2.05, 4.69) is 5.32 Å². The van der Waals surface area contributed by atoms with E-state index in [4.69, 9.17) is 0 Å². The van der Waals surface area contributed by atoms with Crippen LogP contribution in [0, 0.1) is 0 Å². The summed E-state index contributed by atoms with van der Waals surface area (Å²) in [7, 11) is 0. The standard InChI is InChI=1S/C19H27N3O2/c23-18(15-21-12-4-2-1-3-5-13-21)20-16-8-10-17(11-9-16)22-14-6-7-19(22)24/h8-11H,1-7,12-15H2,(H,20,23)/p+1. The summed E-state index contributed by atoms with van der Waals surface area (Å²) in [5.74, 6) is 0.267. The second kappa shape index (κ2) is 8.29. The molecule has 0 saturated carbocycles. The third-order valence-corrected chi connectivity index (χ3v) is 5.01. The largest absolute Gasteiger partial charge is 0.327 e. The molecular weight excluding hydrogens is 302 g/mol. The van der Waals surface area contributed by atoms with Gasteiger partial charge in [-0.05, 0) is 56.4 Å². The van der Waals surface area contributed by atoms with Crippen molar-refractivity contribution in [2.45, 2.75) is 44.9 Å². The van der Waals surface area contributed by atoms with Crippen LogP contribution in [0.25, 0.3) is 0 Å². The second-order valence-corrected chi connectivity index (χ2v) is 6.94. The van der Waals surface area contributed by atoms with Crippen molar-refractivity contribution in [1.82, 2.24) is 0 Å². The van der Waals surface area contributed by atoms with Crippen molar-refractivity contribution in [2.75, 3.05) is 36.4 Å². The molecule has 0 spiro atoms. The van der Waals surface area contributed by atoms with Crippen molar-refractivity contribution in [1.29, 1.82) is 0 Å². The molecule has 3 rings (SSSR count). The van der Waals surface area contributed by atoms with Gasteiger partial charge in [-0.3, -0.25) is 9.59 Å². The number of carbonyl (C=O) groups excluding carboxylic acids is 2. The number of nitrogens with one attached hydrogen (secondary N) is 2. The summed E-state index contributed by atoms with van der Waals surface area (Å²) in [4.78, 5) is 27.3. The zero-order valence-corrected chi connectivity index (χ0v) is 14.4. The Balaban J connectivity index is 1.51. The molecule has 2 aliphatic heterocycles. The van der Waals surface area contributed by atoms with Gasteiger partial charge in [0.05, 0.1) is 13.1 Å². The molecule has 0 aliphatic carbocycles. The van der Waals surface area contributed by atoms with Crippen LogP contribution in [0.3, 0.4) is 0 Å². The lowest BCUT2D eigenvalue weighted by Crippen LogP contribution is -3.13. The van der Waals surface area contributed by atoms with Crippen LogP contribution >= 0.6 is 0 Å². The van der Waals surface area contributed by atoms with E-state index in [-0.39, 0.29) is 11.8 Å². The summed E-state index contributed by atoms with van der Waals surface area (Å²) in [6.07, 6.45) is 7.93. The first-order valence-electron chi connectivity index (χ1n) is 9.26. The van der Waals surface area contributed by atoms with E-state index in [0.29, 0.717) is 13.0 Å². The predicted octanol–water partition coefficient (Wildman–Crippen LogP) is 1.60. The highest BCUT2D eigenvalue weighted by atomic mass is 16.2. The fourth-order valence-electron chi connectivity index (χ4n) is 3.66. The molecule has 2 heterocycles. The number of hydrogen-bond donors (Lipinski definition) is 2. The summed E-state index contributed by atoms with van der Waals surface area (Å²) >= 11 is 0. The maximum Gasteiger partial charge on any atom is 0.279 e. The van der Waals surface area contributed by atoms with Crippen molar-refractivity contribution in [3.8, 4) is 0 Å². The monoisotopic (exact) mass is 330 g/mol. The third kappa shape index (κ3) is 4.57. The van der Waals surface area contributed by atoms with Crippen molar-refractivity contribution in [3.63, 3.8) is 0 Å². The van der Waals surface area contributed by atoms with E-state index in [9.17, 15) is 9.59 Å². The molecule has 0 aromatic heterocycles. The van der Waals surface area contributed by atoms with Crippen LogP contribution in [0.15, 0.2) is 24.3 Å². The minimum absolute atomic E-state index is 0.0792. The molecule has 2 N–H and O–H groups in total. The van der Waals surface area contributed by atoms with Crippen LogP contribution in [-0.4, -0.2) is 38.0 Å². The number of carbonyl (C=O) groups is 2. The summed E-state index contributed by atoms with van der Waals surface area (Å²) in [5, 5.41) is 2.99. The molecule has 2 saturated heterocycles. The Kier molecular flexibility index (Phi) is 5.86. The Hall–Kier alpha value is -1.88. The van der Waals surface area contributed by atoms with Crippen LogP contribution in [-0.2, 0) is 9.59 Å². The number of hydrogen-bond acceptors (Lipinski definition) is 2. The van der Waals surface area contributed by atoms with Gasteiger partial charge in [0.15, 0.2) is 6.54 Å². The SMILES string of the molecule is O=C(C[NH+]1CCCCCCC1)Nc1ccc(N2CCCC2=O)cc1. The molecule has 24 heavy (non-hydrogen) atoms. The van der Waals surface area contributed by atoms with Crippen LogP contribution in [0.5, 0.6) is 0 Å². The Morgan fingerprint density at radius 3 is 2.29 bits per heavy atom. The fourth-order valence-corrected chi connectivity index (χ4v) is 3.66. The Bertz CT molecular complexity index is 562. The minimum atomic E-state index is 0.0792. The van der Waals surface area contributed by atoms with Gasteiger partial charge < -0.3 is 15.1 Å². The Morgan fingerprint density at radius 2 is 1.67 bits per heavy atom. The van der Waals surface area contributed by atoms with Gasteiger partial charge in [-0.1, -0.05) is 6.42 Å². The lowest BCUT2D eigenvalue weighted by Gasteiger charge is -2.21. The zero-order valence-electron chi connectivity index (χ0n) is 14.4. The number of amides is 2. The van der Waals surface area contributed by atoms with Crippen LogP contribution in [0.2, 0.25) is 0 Å². The molecular formula is C19H28N3O2+. The molecule has 0 bridgehead atoms. The molecule has 5 heteroatoms. The Morgan fingerprint density at radius 1 is 1.00 bits per heavy atom. The van der Waals surface area contributed by atoms with Crippen molar-refractivity contribution in [2.24, 2.45) is 0 Å². The molecule has 0 radical (unpaired) electrons. The molecule has 0 atom stereocenters. The number of anilines is 2. The second-order valence-electron chi connectivity index (χ2n) is 6.94. The third-order valence-electron chi connectivity index (χ3n) is 5.01. The first-order chi connectivity index (χ1) is 11.7. The summed E-state index contributed by atoms with van der Waals surface area (Å²) in [6, 6.07) is 7.62. The van der Waals surface area contributed by atoms with Gasteiger partial charge in [0, 0.05) is 24.3 Å². The van der Waals surface area contributed by atoms with Crippen molar-refractivity contribution in [3.05, 3.63) is 24.3 Å². The zero-order chi connectivity index (χ0) is 16.8. The number of quaternary nitrogens is 1. The summed E-state index contributed by atoms with van der Waals surface area (Å²) in [6.45, 7) is 3.54. The van der Waals surface area contributed by atoms with Crippen LogP contribution in [0.1, 0.15) is 44.9 Å². The van der Waals surface area contributed by atoms with Crippen molar-refractivity contribution < 1.29 is 14.5 Å². The van der Waals surface area contributed by atoms with Gasteiger partial charge in [0.1, 0.15) is 0 Å². The van der Waals surface area contributed by atoms with Gasteiger partial charge >= 0.3 is 0 Å². The van der Waals surface area contributed by atoms with Gasteiger partial charge in [-0.25, -0.2) is 0 Å². The highest BCUT2D eigenvalue weighted by Crippen LogP contribution is 2.22. The number of benzene rings is 1. The van der Waals surface area contributed by atoms with E-state index >= 15 is 0 Å². The van der Waals surface area contributed by atoms with Gasteiger partial charge in [-0.2, -0.15) is 0 Å². The molecule has 2 fully saturated rings. The van der Waals surface area contributed by atoms with E-state index in [1.807, 2.05) is 29.2 Å². The molecule has 1 aromatic carbocycles. The van der Waals surface area contributed by atoms with E-state index in [1.54, 1.807) is 0 Å². The van der Waals surface area contributed by atoms with E-state index in [1.165, 1.54) is 37.0 Å². The molecule has 130 valence electrons. The van der Waals surface area contributed by atoms with E-state index < -0.39 is 0 Å². The molecule has 1 aromatic rings. The van der Waals surface area contributed by atoms with Gasteiger partial charge in [0.25, 0.3) is 5.91 Å².